The van der Waals surface area contributed by atoms with Gasteiger partial charge in [0, 0.05) is 11.8 Å². The van der Waals surface area contributed by atoms with Gasteiger partial charge < -0.3 is 4.74 Å². The summed E-state index contributed by atoms with van der Waals surface area (Å²) in [6.45, 7) is 0. The summed E-state index contributed by atoms with van der Waals surface area (Å²) in [6, 6.07) is 8.92. The molecule has 1 aromatic rings. The molecule has 4 atom stereocenters. The van der Waals surface area contributed by atoms with Gasteiger partial charge in [-0.3, -0.25) is 0 Å². The van der Waals surface area contributed by atoms with Crippen molar-refractivity contribution in [3.05, 3.63) is 35.4 Å². The summed E-state index contributed by atoms with van der Waals surface area (Å²) in [7, 11) is 0. The van der Waals surface area contributed by atoms with Crippen molar-refractivity contribution >= 4 is 0 Å². The summed E-state index contributed by atoms with van der Waals surface area (Å²) >= 11 is 0. The van der Waals surface area contributed by atoms with Crippen LogP contribution in [0.4, 0.5) is 0 Å². The van der Waals surface area contributed by atoms with Crippen LogP contribution < -0.4 is 0 Å². The molecule has 0 aromatic heterocycles. The van der Waals surface area contributed by atoms with E-state index in [1.54, 1.807) is 11.1 Å². The van der Waals surface area contributed by atoms with Gasteiger partial charge in [-0.15, -0.1) is 0 Å². The van der Waals surface area contributed by atoms with Gasteiger partial charge in [0.2, 0.25) is 0 Å². The minimum Gasteiger partial charge on any atom is -0.368 e. The van der Waals surface area contributed by atoms with E-state index >= 15 is 0 Å². The summed E-state index contributed by atoms with van der Waals surface area (Å²) in [5.74, 6) is 1.46. The van der Waals surface area contributed by atoms with Crippen LogP contribution in [0.3, 0.4) is 0 Å². The smallest absolute Gasteiger partial charge is 0.0916 e. The van der Waals surface area contributed by atoms with Gasteiger partial charge in [-0.1, -0.05) is 24.3 Å². The minimum absolute atomic E-state index is 0.591. The Morgan fingerprint density at radius 3 is 2.00 bits per heavy atom. The highest BCUT2D eigenvalue weighted by molar-refractivity contribution is 5.43. The number of hydrogen-bond donors (Lipinski definition) is 0. The lowest BCUT2D eigenvalue weighted by Gasteiger charge is -2.34. The molecule has 2 fully saturated rings. The molecule has 4 aliphatic rings. The molecule has 0 spiro atoms. The van der Waals surface area contributed by atoms with E-state index in [2.05, 4.69) is 24.3 Å². The van der Waals surface area contributed by atoms with E-state index in [0.717, 1.165) is 11.8 Å². The Morgan fingerprint density at radius 2 is 1.46 bits per heavy atom. The third-order valence-electron chi connectivity index (χ3n) is 3.94. The lowest BCUT2D eigenvalue weighted by atomic mass is 9.67. The standard InChI is InChI=1S/C12H12O/c1-2-4-8-7(3-1)9-5-6-10(8)12-11(9)13-12/h1-4,9-12H,5-6H2. The lowest BCUT2D eigenvalue weighted by molar-refractivity contribution is 0.361. The first kappa shape index (κ1) is 6.61. The van der Waals surface area contributed by atoms with E-state index in [-0.39, 0.29) is 0 Å². The Hall–Kier alpha value is -0.820. The molecule has 1 saturated carbocycles. The summed E-state index contributed by atoms with van der Waals surface area (Å²) in [5, 5.41) is 0. The normalized spacial score (nSPS) is 44.0. The van der Waals surface area contributed by atoms with Gasteiger partial charge in [-0.2, -0.15) is 0 Å². The molecule has 1 nitrogen and oxygen atoms in total. The predicted molar refractivity (Wildman–Crippen MR) is 49.8 cm³/mol. The fourth-order valence-electron chi connectivity index (χ4n) is 3.32. The van der Waals surface area contributed by atoms with E-state index in [4.69, 9.17) is 4.74 Å². The molecule has 0 radical (unpaired) electrons. The molecule has 1 saturated heterocycles. The van der Waals surface area contributed by atoms with Gasteiger partial charge in [0.25, 0.3) is 0 Å². The van der Waals surface area contributed by atoms with Crippen LogP contribution in [-0.4, -0.2) is 12.2 Å². The Morgan fingerprint density at radius 1 is 0.923 bits per heavy atom. The molecular weight excluding hydrogens is 160 g/mol. The second kappa shape index (κ2) is 1.98. The first-order valence-corrected chi connectivity index (χ1v) is 5.19. The van der Waals surface area contributed by atoms with Crippen LogP contribution in [0.2, 0.25) is 0 Å². The number of epoxide rings is 1. The number of ether oxygens (including phenoxy) is 1. The average Bonchev–Trinajstić information content (AvgIpc) is 2.98. The molecule has 0 amide bonds. The number of benzene rings is 1. The Bertz CT molecular complexity index is 336. The summed E-state index contributed by atoms with van der Waals surface area (Å²) in [5.41, 5.74) is 3.16. The molecule has 4 unspecified atom stereocenters. The monoisotopic (exact) mass is 172 g/mol. The van der Waals surface area contributed by atoms with Crippen LogP contribution in [0.15, 0.2) is 24.3 Å². The molecule has 2 bridgehead atoms. The molecule has 1 aromatic carbocycles. The van der Waals surface area contributed by atoms with Crippen molar-refractivity contribution < 1.29 is 4.74 Å². The fourth-order valence-corrected chi connectivity index (χ4v) is 3.32. The fraction of sp³-hybridized carbons (Fsp3) is 0.500. The van der Waals surface area contributed by atoms with Crippen LogP contribution in [0, 0.1) is 0 Å². The predicted octanol–water partition coefficient (Wildman–Crippen LogP) is 2.43. The summed E-state index contributed by atoms with van der Waals surface area (Å²) in [6.07, 6.45) is 3.88. The maximum absolute atomic E-state index is 5.75. The Kier molecular flexibility index (Phi) is 1.01. The molecule has 5 rings (SSSR count). The average molecular weight is 172 g/mol. The number of rotatable bonds is 0. The van der Waals surface area contributed by atoms with E-state index < -0.39 is 0 Å². The first-order valence-electron chi connectivity index (χ1n) is 5.19. The van der Waals surface area contributed by atoms with Gasteiger partial charge in [-0.25, -0.2) is 0 Å². The highest BCUT2D eigenvalue weighted by Gasteiger charge is 2.57. The van der Waals surface area contributed by atoms with Gasteiger partial charge in [0.15, 0.2) is 0 Å². The zero-order valence-corrected chi connectivity index (χ0v) is 7.44. The van der Waals surface area contributed by atoms with E-state index in [0.29, 0.717) is 12.2 Å². The van der Waals surface area contributed by atoms with Crippen molar-refractivity contribution in [1.29, 1.82) is 0 Å². The van der Waals surface area contributed by atoms with Crippen molar-refractivity contribution in [2.24, 2.45) is 0 Å². The van der Waals surface area contributed by atoms with Crippen LogP contribution in [-0.2, 0) is 4.74 Å². The van der Waals surface area contributed by atoms with Crippen molar-refractivity contribution in [2.45, 2.75) is 36.9 Å². The van der Waals surface area contributed by atoms with Gasteiger partial charge >= 0.3 is 0 Å². The Labute approximate surface area is 77.7 Å². The number of hydrogen-bond acceptors (Lipinski definition) is 1. The molecular formula is C12H12O. The van der Waals surface area contributed by atoms with Crippen molar-refractivity contribution in [1.82, 2.24) is 0 Å². The van der Waals surface area contributed by atoms with Gasteiger partial charge in [-0.05, 0) is 24.0 Å². The molecule has 1 heteroatoms. The second-order valence-corrected chi connectivity index (χ2v) is 4.48. The van der Waals surface area contributed by atoms with Crippen molar-refractivity contribution in [3.8, 4) is 0 Å². The van der Waals surface area contributed by atoms with E-state index in [9.17, 15) is 0 Å². The SMILES string of the molecule is c1ccc2c(c1)C1CCC2C2OC12. The van der Waals surface area contributed by atoms with Crippen LogP contribution in [0.1, 0.15) is 35.8 Å². The van der Waals surface area contributed by atoms with Gasteiger partial charge in [0.05, 0.1) is 12.2 Å². The molecule has 1 heterocycles. The van der Waals surface area contributed by atoms with E-state index in [1.165, 1.54) is 12.8 Å². The highest BCUT2D eigenvalue weighted by Crippen LogP contribution is 2.58. The van der Waals surface area contributed by atoms with Crippen molar-refractivity contribution in [2.75, 3.05) is 0 Å². The second-order valence-electron chi connectivity index (χ2n) is 4.48. The minimum atomic E-state index is 0.591. The third-order valence-corrected chi connectivity index (χ3v) is 3.94. The van der Waals surface area contributed by atoms with Crippen LogP contribution in [0.5, 0.6) is 0 Å². The summed E-state index contributed by atoms with van der Waals surface area (Å²) < 4.78 is 5.75. The maximum atomic E-state index is 5.75. The zero-order valence-electron chi connectivity index (χ0n) is 7.44. The molecule has 3 aliphatic carbocycles. The highest BCUT2D eigenvalue weighted by atomic mass is 16.6. The topological polar surface area (TPSA) is 12.5 Å². The largest absolute Gasteiger partial charge is 0.368 e. The molecule has 1 aliphatic heterocycles. The first-order chi connectivity index (χ1) is 6.45. The molecule has 0 N–H and O–H groups in total. The van der Waals surface area contributed by atoms with Crippen LogP contribution >= 0.6 is 0 Å². The summed E-state index contributed by atoms with van der Waals surface area (Å²) in [4.78, 5) is 0. The number of fused-ring (bicyclic) bond motifs is 1. The van der Waals surface area contributed by atoms with Gasteiger partial charge in [0.1, 0.15) is 0 Å². The third kappa shape index (κ3) is 0.682. The Balaban J connectivity index is 1.98. The zero-order chi connectivity index (χ0) is 8.41. The molecule has 13 heavy (non-hydrogen) atoms. The molecule has 66 valence electrons. The van der Waals surface area contributed by atoms with E-state index in [1.807, 2.05) is 0 Å². The maximum Gasteiger partial charge on any atom is 0.0916 e. The van der Waals surface area contributed by atoms with Crippen molar-refractivity contribution in [3.63, 3.8) is 0 Å². The lowest BCUT2D eigenvalue weighted by Crippen LogP contribution is -2.29. The quantitative estimate of drug-likeness (QED) is 0.547. The van der Waals surface area contributed by atoms with Crippen LogP contribution in [0.25, 0.3) is 0 Å².